The number of likely N-dealkylation sites (tertiary alicyclic amines) is 1. The monoisotopic (exact) mass is 305 g/mol. The van der Waals surface area contributed by atoms with E-state index in [1.807, 2.05) is 19.1 Å². The van der Waals surface area contributed by atoms with Gasteiger partial charge in [0.25, 0.3) is 5.91 Å². The highest BCUT2D eigenvalue weighted by atomic mass is 16.5. The SMILES string of the molecule is COc1cc2c(cc1NC(=O)C[NH+]1CCCCC1)O[C@@H](C)C2. The maximum absolute atomic E-state index is 12.3. The van der Waals surface area contributed by atoms with Crippen LogP contribution in [-0.4, -0.2) is 38.8 Å². The molecule has 1 atom stereocenters. The maximum atomic E-state index is 12.3. The van der Waals surface area contributed by atoms with E-state index < -0.39 is 0 Å². The van der Waals surface area contributed by atoms with Gasteiger partial charge in [-0.15, -0.1) is 0 Å². The second-order valence-electron chi connectivity index (χ2n) is 6.33. The van der Waals surface area contributed by atoms with Gasteiger partial charge in [0.05, 0.1) is 25.9 Å². The summed E-state index contributed by atoms with van der Waals surface area (Å²) in [6.07, 6.45) is 4.80. The molecule has 1 aromatic rings. The minimum atomic E-state index is 0.0428. The molecule has 0 aliphatic carbocycles. The Bertz CT molecular complexity index is 553. The molecular weight excluding hydrogens is 280 g/mol. The van der Waals surface area contributed by atoms with E-state index in [0.717, 1.165) is 30.8 Å². The highest BCUT2D eigenvalue weighted by molar-refractivity contribution is 5.93. The van der Waals surface area contributed by atoms with Gasteiger partial charge in [-0.25, -0.2) is 0 Å². The summed E-state index contributed by atoms with van der Waals surface area (Å²) in [5, 5.41) is 2.99. The molecule has 3 rings (SSSR count). The first-order valence-electron chi connectivity index (χ1n) is 8.16. The van der Waals surface area contributed by atoms with Gasteiger partial charge in [-0.1, -0.05) is 0 Å². The van der Waals surface area contributed by atoms with E-state index in [9.17, 15) is 4.79 Å². The van der Waals surface area contributed by atoms with E-state index in [-0.39, 0.29) is 12.0 Å². The third kappa shape index (κ3) is 3.35. The fourth-order valence-corrected chi connectivity index (χ4v) is 3.36. The van der Waals surface area contributed by atoms with Crippen LogP contribution in [0.1, 0.15) is 31.7 Å². The molecule has 2 heterocycles. The Kier molecular flexibility index (Phi) is 4.52. The van der Waals surface area contributed by atoms with Crippen molar-refractivity contribution < 1.29 is 19.2 Å². The largest absolute Gasteiger partial charge is 0.495 e. The van der Waals surface area contributed by atoms with Gasteiger partial charge >= 0.3 is 0 Å². The first-order chi connectivity index (χ1) is 10.7. The van der Waals surface area contributed by atoms with Crippen molar-refractivity contribution >= 4 is 11.6 Å². The molecule has 0 unspecified atom stereocenters. The zero-order valence-electron chi connectivity index (χ0n) is 13.4. The molecule has 2 aliphatic rings. The molecule has 5 nitrogen and oxygen atoms in total. The summed E-state index contributed by atoms with van der Waals surface area (Å²) < 4.78 is 11.2. The highest BCUT2D eigenvalue weighted by Crippen LogP contribution is 2.37. The van der Waals surface area contributed by atoms with Crippen LogP contribution in [0.4, 0.5) is 5.69 Å². The zero-order valence-corrected chi connectivity index (χ0v) is 13.4. The van der Waals surface area contributed by atoms with E-state index in [0.29, 0.717) is 18.0 Å². The molecule has 1 saturated heterocycles. The molecule has 0 saturated carbocycles. The number of rotatable bonds is 4. The number of fused-ring (bicyclic) bond motifs is 1. The van der Waals surface area contributed by atoms with Crippen LogP contribution in [0.2, 0.25) is 0 Å². The van der Waals surface area contributed by atoms with Crippen molar-refractivity contribution in [1.82, 2.24) is 0 Å². The highest BCUT2D eigenvalue weighted by Gasteiger charge is 2.23. The van der Waals surface area contributed by atoms with Crippen molar-refractivity contribution in [3.8, 4) is 11.5 Å². The van der Waals surface area contributed by atoms with Crippen LogP contribution >= 0.6 is 0 Å². The summed E-state index contributed by atoms with van der Waals surface area (Å²) in [5.74, 6) is 1.61. The van der Waals surface area contributed by atoms with E-state index in [4.69, 9.17) is 9.47 Å². The maximum Gasteiger partial charge on any atom is 0.279 e. The second-order valence-corrected chi connectivity index (χ2v) is 6.33. The van der Waals surface area contributed by atoms with Gasteiger partial charge in [0, 0.05) is 18.1 Å². The normalized spacial score (nSPS) is 21.1. The second kappa shape index (κ2) is 6.57. The average Bonchev–Trinajstić information content (AvgIpc) is 2.86. The van der Waals surface area contributed by atoms with E-state index in [1.54, 1.807) is 7.11 Å². The topological polar surface area (TPSA) is 52.0 Å². The van der Waals surface area contributed by atoms with Crippen molar-refractivity contribution in [1.29, 1.82) is 0 Å². The number of carbonyl (C=O) groups excluding carboxylic acids is 1. The molecule has 0 radical (unpaired) electrons. The number of ether oxygens (including phenoxy) is 2. The van der Waals surface area contributed by atoms with E-state index in [1.165, 1.54) is 24.2 Å². The van der Waals surface area contributed by atoms with Crippen LogP contribution < -0.4 is 19.7 Å². The molecule has 2 aliphatic heterocycles. The Morgan fingerprint density at radius 1 is 1.36 bits per heavy atom. The number of carbonyl (C=O) groups is 1. The van der Waals surface area contributed by atoms with Crippen LogP contribution in [-0.2, 0) is 11.2 Å². The van der Waals surface area contributed by atoms with Crippen LogP contribution in [0, 0.1) is 0 Å². The fraction of sp³-hybridized carbons (Fsp3) is 0.588. The Morgan fingerprint density at radius 3 is 2.86 bits per heavy atom. The number of piperidine rings is 1. The lowest BCUT2D eigenvalue weighted by atomic mass is 10.1. The van der Waals surface area contributed by atoms with Gasteiger partial charge in [-0.2, -0.15) is 0 Å². The van der Waals surface area contributed by atoms with Crippen molar-refractivity contribution in [3.63, 3.8) is 0 Å². The molecule has 1 amide bonds. The van der Waals surface area contributed by atoms with Gasteiger partial charge in [-0.3, -0.25) is 4.79 Å². The van der Waals surface area contributed by atoms with Gasteiger partial charge in [-0.05, 0) is 32.3 Å². The number of anilines is 1. The fourth-order valence-electron chi connectivity index (χ4n) is 3.36. The van der Waals surface area contributed by atoms with Crippen molar-refractivity contribution in [2.75, 3.05) is 32.1 Å². The summed E-state index contributed by atoms with van der Waals surface area (Å²) in [6.45, 7) is 4.76. The standard InChI is InChI=1S/C17H24N2O3/c1-12-8-13-9-16(21-2)14(10-15(13)22-12)18-17(20)11-19-6-4-3-5-7-19/h9-10,12H,3-8,11H2,1-2H3,(H,18,20)/p+1/t12-/m0/s1. The van der Waals surface area contributed by atoms with Gasteiger partial charge in [0.1, 0.15) is 17.6 Å². The average molecular weight is 305 g/mol. The smallest absolute Gasteiger partial charge is 0.279 e. The number of methoxy groups -OCH3 is 1. The van der Waals surface area contributed by atoms with Crippen LogP contribution in [0.15, 0.2) is 12.1 Å². The summed E-state index contributed by atoms with van der Waals surface area (Å²) in [4.78, 5) is 13.7. The van der Waals surface area contributed by atoms with Gasteiger partial charge < -0.3 is 19.7 Å². The zero-order chi connectivity index (χ0) is 15.5. The first-order valence-corrected chi connectivity index (χ1v) is 8.16. The molecule has 120 valence electrons. The molecule has 22 heavy (non-hydrogen) atoms. The minimum absolute atomic E-state index is 0.0428. The number of amides is 1. The summed E-state index contributed by atoms with van der Waals surface area (Å²) in [7, 11) is 1.63. The molecule has 1 aromatic carbocycles. The lowest BCUT2D eigenvalue weighted by molar-refractivity contribution is -0.896. The van der Waals surface area contributed by atoms with Crippen LogP contribution in [0.5, 0.6) is 11.5 Å². The van der Waals surface area contributed by atoms with Crippen LogP contribution in [0.3, 0.4) is 0 Å². The van der Waals surface area contributed by atoms with Crippen LogP contribution in [0.25, 0.3) is 0 Å². The Hall–Kier alpha value is -1.75. The predicted molar refractivity (Wildman–Crippen MR) is 84.8 cm³/mol. The molecule has 0 spiro atoms. The lowest BCUT2D eigenvalue weighted by Crippen LogP contribution is -3.13. The number of benzene rings is 1. The van der Waals surface area contributed by atoms with E-state index >= 15 is 0 Å². The Balaban J connectivity index is 1.68. The van der Waals surface area contributed by atoms with Crippen molar-refractivity contribution in [2.24, 2.45) is 0 Å². The first kappa shape index (κ1) is 15.2. The number of nitrogens with one attached hydrogen (secondary N) is 2. The van der Waals surface area contributed by atoms with E-state index in [2.05, 4.69) is 5.32 Å². The predicted octanol–water partition coefficient (Wildman–Crippen LogP) is 1.03. The third-order valence-electron chi connectivity index (χ3n) is 4.46. The molecule has 2 N–H and O–H groups in total. The molecule has 5 heteroatoms. The number of hydrogen-bond acceptors (Lipinski definition) is 3. The molecule has 0 bridgehead atoms. The molecular formula is C17H25N2O3+. The summed E-state index contributed by atoms with van der Waals surface area (Å²) in [5.41, 5.74) is 1.85. The Morgan fingerprint density at radius 2 is 2.14 bits per heavy atom. The summed E-state index contributed by atoms with van der Waals surface area (Å²) in [6, 6.07) is 3.86. The van der Waals surface area contributed by atoms with Gasteiger partial charge in [0.15, 0.2) is 6.54 Å². The van der Waals surface area contributed by atoms with Crippen molar-refractivity contribution in [3.05, 3.63) is 17.7 Å². The quantitative estimate of drug-likeness (QED) is 0.873. The third-order valence-corrected chi connectivity index (χ3v) is 4.46. The number of quaternary nitrogens is 1. The summed E-state index contributed by atoms with van der Waals surface area (Å²) >= 11 is 0. The minimum Gasteiger partial charge on any atom is -0.495 e. The van der Waals surface area contributed by atoms with Crippen molar-refractivity contribution in [2.45, 2.75) is 38.7 Å². The lowest BCUT2D eigenvalue weighted by Gasteiger charge is -2.23. The molecule has 0 aromatic heterocycles. The number of hydrogen-bond donors (Lipinski definition) is 2. The molecule has 1 fully saturated rings. The van der Waals surface area contributed by atoms with Gasteiger partial charge in [0.2, 0.25) is 0 Å². The Labute approximate surface area is 131 Å².